The number of pyridine rings is 1. The van der Waals surface area contributed by atoms with Crippen LogP contribution < -0.4 is 14.4 Å². The van der Waals surface area contributed by atoms with Gasteiger partial charge in [0.25, 0.3) is 0 Å². The number of benzene rings is 2. The lowest BCUT2D eigenvalue weighted by molar-refractivity contribution is 0.0512. The SMILES string of the molecule is COCOc1cc(-c2nc(C)c3c(N4CCC[C@@H](O)C4)nc(OCC4(CO)CC4)nc3c2F)c2c(C#C[Si](C(C)C)(C(C)C)C(C)C)c(F)ccc2c1. The van der Waals surface area contributed by atoms with Crippen molar-refractivity contribution in [1.82, 2.24) is 15.0 Å². The van der Waals surface area contributed by atoms with Gasteiger partial charge in [-0.15, -0.1) is 5.54 Å². The Hall–Kier alpha value is -3.89. The molecular weight excluding hydrogens is 695 g/mol. The number of aliphatic hydroxyl groups is 2. The Balaban J connectivity index is 1.63. The summed E-state index contributed by atoms with van der Waals surface area (Å²) < 4.78 is 50.7. The molecule has 2 aliphatic rings. The molecule has 2 N–H and O–H groups in total. The number of halogens is 2. The Morgan fingerprint density at radius 2 is 1.72 bits per heavy atom. The summed E-state index contributed by atoms with van der Waals surface area (Å²) in [6.45, 7) is 16.0. The number of β-amino-alcohol motifs (C(OH)–C–C–N with tert-alkyl or cyclic N) is 1. The highest BCUT2D eigenvalue weighted by Gasteiger charge is 2.44. The van der Waals surface area contributed by atoms with E-state index in [1.807, 2.05) is 4.90 Å². The number of aromatic nitrogens is 3. The minimum Gasteiger partial charge on any atom is -0.468 e. The molecule has 0 radical (unpaired) electrons. The van der Waals surface area contributed by atoms with E-state index in [4.69, 9.17) is 24.2 Å². The van der Waals surface area contributed by atoms with E-state index in [0.717, 1.165) is 19.3 Å². The molecule has 0 unspecified atom stereocenters. The molecular formula is C41H52F2N4O5Si. The smallest absolute Gasteiger partial charge is 0.319 e. The van der Waals surface area contributed by atoms with Crippen LogP contribution in [0.2, 0.25) is 16.6 Å². The van der Waals surface area contributed by atoms with Gasteiger partial charge < -0.3 is 29.3 Å². The second kappa shape index (κ2) is 15.5. The van der Waals surface area contributed by atoms with Crippen LogP contribution in [-0.4, -0.2) is 79.5 Å². The molecule has 1 aliphatic carbocycles. The van der Waals surface area contributed by atoms with Gasteiger partial charge >= 0.3 is 6.01 Å². The van der Waals surface area contributed by atoms with E-state index in [1.54, 1.807) is 25.1 Å². The van der Waals surface area contributed by atoms with Gasteiger partial charge in [0.1, 0.15) is 36.7 Å². The number of hydrogen-bond acceptors (Lipinski definition) is 9. The Labute approximate surface area is 312 Å². The highest BCUT2D eigenvalue weighted by Crippen LogP contribution is 2.46. The molecule has 284 valence electrons. The molecule has 0 spiro atoms. The molecule has 9 nitrogen and oxygen atoms in total. The third-order valence-electron chi connectivity index (χ3n) is 11.3. The fourth-order valence-corrected chi connectivity index (χ4v) is 13.4. The summed E-state index contributed by atoms with van der Waals surface area (Å²) >= 11 is 0. The van der Waals surface area contributed by atoms with Crippen molar-refractivity contribution in [3.8, 4) is 34.5 Å². The van der Waals surface area contributed by atoms with Crippen molar-refractivity contribution in [3.05, 3.63) is 47.2 Å². The summed E-state index contributed by atoms with van der Waals surface area (Å²) in [7, 11) is -0.773. The summed E-state index contributed by atoms with van der Waals surface area (Å²) in [5, 5.41) is 21.9. The van der Waals surface area contributed by atoms with E-state index in [2.05, 4.69) is 58.0 Å². The van der Waals surface area contributed by atoms with Crippen LogP contribution in [0, 0.1) is 35.4 Å². The summed E-state index contributed by atoms with van der Waals surface area (Å²) in [6, 6.07) is 6.43. The average molecular weight is 747 g/mol. The first-order valence-corrected chi connectivity index (χ1v) is 20.9. The minimum absolute atomic E-state index is 0.00680. The number of nitrogens with zero attached hydrogens (tertiary/aromatic N) is 4. The number of hydrogen-bond donors (Lipinski definition) is 2. The number of anilines is 1. The number of aliphatic hydroxyl groups excluding tert-OH is 2. The monoisotopic (exact) mass is 746 g/mol. The molecule has 1 aliphatic heterocycles. The summed E-state index contributed by atoms with van der Waals surface area (Å²) in [5.41, 5.74) is 5.16. The predicted octanol–water partition coefficient (Wildman–Crippen LogP) is 8.10. The Bertz CT molecular complexity index is 2040. The maximum absolute atomic E-state index is 17.4. The molecule has 1 saturated carbocycles. The van der Waals surface area contributed by atoms with Crippen molar-refractivity contribution in [2.24, 2.45) is 5.41 Å². The maximum Gasteiger partial charge on any atom is 0.319 e. The van der Waals surface area contributed by atoms with E-state index < -0.39 is 25.8 Å². The highest BCUT2D eigenvalue weighted by molar-refractivity contribution is 6.90. The lowest BCUT2D eigenvalue weighted by Gasteiger charge is -2.38. The number of aryl methyl sites for hydroxylation is 1. The van der Waals surface area contributed by atoms with Crippen LogP contribution in [0.1, 0.15) is 78.5 Å². The molecule has 0 amide bonds. The fourth-order valence-electron chi connectivity index (χ4n) is 8.20. The van der Waals surface area contributed by atoms with Crippen molar-refractivity contribution in [3.63, 3.8) is 0 Å². The molecule has 53 heavy (non-hydrogen) atoms. The van der Waals surface area contributed by atoms with Crippen molar-refractivity contribution in [2.75, 3.05) is 45.1 Å². The van der Waals surface area contributed by atoms with Crippen LogP contribution in [0.15, 0.2) is 24.3 Å². The molecule has 3 heterocycles. The van der Waals surface area contributed by atoms with E-state index in [9.17, 15) is 10.2 Å². The number of ether oxygens (including phenoxy) is 3. The quantitative estimate of drug-likeness (QED) is 0.0845. The number of rotatable bonds is 12. The van der Waals surface area contributed by atoms with Crippen LogP contribution in [0.3, 0.4) is 0 Å². The maximum atomic E-state index is 17.4. The molecule has 2 fully saturated rings. The molecule has 1 atom stereocenters. The van der Waals surface area contributed by atoms with E-state index in [0.29, 0.717) is 75.1 Å². The molecule has 2 aromatic heterocycles. The first kappa shape index (κ1) is 38.8. The zero-order chi connectivity index (χ0) is 38.2. The van der Waals surface area contributed by atoms with Crippen LogP contribution in [-0.2, 0) is 4.74 Å². The van der Waals surface area contributed by atoms with Crippen molar-refractivity contribution < 1.29 is 33.2 Å². The van der Waals surface area contributed by atoms with Crippen molar-refractivity contribution >= 4 is 35.6 Å². The van der Waals surface area contributed by atoms with Crippen molar-refractivity contribution in [2.45, 2.75) is 96.9 Å². The zero-order valence-electron chi connectivity index (χ0n) is 32.1. The van der Waals surface area contributed by atoms with E-state index >= 15 is 8.78 Å². The molecule has 2 aromatic carbocycles. The molecule has 12 heteroatoms. The Morgan fingerprint density at radius 3 is 2.34 bits per heavy atom. The van der Waals surface area contributed by atoms with E-state index in [-0.39, 0.29) is 48.2 Å². The van der Waals surface area contributed by atoms with Gasteiger partial charge in [0.15, 0.2) is 12.6 Å². The molecule has 1 saturated heterocycles. The molecule has 6 rings (SSSR count). The summed E-state index contributed by atoms with van der Waals surface area (Å²) in [4.78, 5) is 16.1. The third kappa shape index (κ3) is 7.46. The second-order valence-corrected chi connectivity index (χ2v) is 21.4. The molecule has 4 aromatic rings. The van der Waals surface area contributed by atoms with Crippen LogP contribution >= 0.6 is 0 Å². The van der Waals surface area contributed by atoms with Crippen molar-refractivity contribution in [1.29, 1.82) is 0 Å². The highest BCUT2D eigenvalue weighted by atomic mass is 28.3. The predicted molar refractivity (Wildman–Crippen MR) is 207 cm³/mol. The minimum atomic E-state index is -2.28. The van der Waals surface area contributed by atoms with Gasteiger partial charge in [-0.2, -0.15) is 9.97 Å². The standard InChI is InChI=1S/C41H52F2N4O5Si/c1-24(2)53(25(3)4,26(5)6)17-13-31-33(42)12-11-28-18-30(52-23-50-8)19-32(35(28)31)37-36(43)38-34(27(7)44-37)39(47-16-9-10-29(49)20-47)46-40(45-38)51-22-41(21-48)14-15-41/h11-12,18-19,24-26,29,48-49H,9-10,14-16,20-23H2,1-8H3/t29-/m1/s1. The van der Waals surface area contributed by atoms with Gasteiger partial charge in [0, 0.05) is 36.6 Å². The van der Waals surface area contributed by atoms with Crippen LogP contribution in [0.25, 0.3) is 32.9 Å². The Kier molecular flexibility index (Phi) is 11.3. The number of methoxy groups -OCH3 is 1. The van der Waals surface area contributed by atoms with Crippen LogP contribution in [0.5, 0.6) is 11.8 Å². The Morgan fingerprint density at radius 1 is 1.00 bits per heavy atom. The first-order chi connectivity index (χ1) is 25.2. The van der Waals surface area contributed by atoms with Gasteiger partial charge in [0.05, 0.1) is 36.0 Å². The van der Waals surface area contributed by atoms with Gasteiger partial charge in [-0.1, -0.05) is 53.5 Å². The van der Waals surface area contributed by atoms with E-state index in [1.165, 1.54) is 13.2 Å². The van der Waals surface area contributed by atoms with Gasteiger partial charge in [0.2, 0.25) is 0 Å². The van der Waals surface area contributed by atoms with Gasteiger partial charge in [-0.25, -0.2) is 13.8 Å². The lowest BCUT2D eigenvalue weighted by Crippen LogP contribution is -2.43. The first-order valence-electron chi connectivity index (χ1n) is 18.7. The zero-order valence-corrected chi connectivity index (χ0v) is 33.1. The topological polar surface area (TPSA) is 110 Å². The largest absolute Gasteiger partial charge is 0.468 e. The number of piperidine rings is 1. The molecule has 0 bridgehead atoms. The summed E-state index contributed by atoms with van der Waals surface area (Å²) in [5.74, 6) is 2.89. The lowest BCUT2D eigenvalue weighted by atomic mass is 9.95. The van der Waals surface area contributed by atoms with Gasteiger partial charge in [-0.05, 0) is 72.8 Å². The average Bonchev–Trinajstić information content (AvgIpc) is 3.91. The fraction of sp³-hybridized carbons (Fsp3) is 0.537. The third-order valence-corrected chi connectivity index (χ3v) is 17.6. The summed E-state index contributed by atoms with van der Waals surface area (Å²) in [6.07, 6.45) is 2.44. The van der Waals surface area contributed by atoms with Crippen LogP contribution in [0.4, 0.5) is 14.6 Å². The number of fused-ring (bicyclic) bond motifs is 2. The van der Waals surface area contributed by atoms with Gasteiger partial charge in [-0.3, -0.25) is 0 Å². The normalized spacial score (nSPS) is 17.2. The second-order valence-electron chi connectivity index (χ2n) is 15.8.